The number of aryl methyl sites for hydroxylation is 1. The summed E-state index contributed by atoms with van der Waals surface area (Å²) in [5.41, 5.74) is 2.65. The summed E-state index contributed by atoms with van der Waals surface area (Å²) >= 11 is 0. The van der Waals surface area contributed by atoms with Crippen LogP contribution in [0.5, 0.6) is 11.5 Å². The summed E-state index contributed by atoms with van der Waals surface area (Å²) in [6.45, 7) is 5.78. The van der Waals surface area contributed by atoms with Crippen molar-refractivity contribution in [2.75, 3.05) is 37.9 Å². The molecule has 0 saturated heterocycles. The lowest BCUT2D eigenvalue weighted by Crippen LogP contribution is -2.53. The van der Waals surface area contributed by atoms with Gasteiger partial charge in [-0.25, -0.2) is 8.42 Å². The Labute approximate surface area is 249 Å². The first-order valence-corrected chi connectivity index (χ1v) is 15.6. The van der Waals surface area contributed by atoms with Crippen molar-refractivity contribution in [3.8, 4) is 11.5 Å². The van der Waals surface area contributed by atoms with Crippen molar-refractivity contribution in [1.29, 1.82) is 0 Å². The van der Waals surface area contributed by atoms with Crippen LogP contribution >= 0.6 is 0 Å². The van der Waals surface area contributed by atoms with Gasteiger partial charge in [-0.15, -0.1) is 0 Å². The number of rotatable bonds is 14. The number of hydrogen-bond donors (Lipinski definition) is 1. The number of carbonyl (C=O) groups excluding carboxylic acids is 2. The van der Waals surface area contributed by atoms with Crippen molar-refractivity contribution in [2.45, 2.75) is 39.8 Å². The Bertz CT molecular complexity index is 1460. The first-order chi connectivity index (χ1) is 19.9. The highest BCUT2D eigenvalue weighted by atomic mass is 32.2. The lowest BCUT2D eigenvalue weighted by atomic mass is 10.0. The van der Waals surface area contributed by atoms with Gasteiger partial charge in [-0.05, 0) is 53.8 Å². The minimum atomic E-state index is -3.92. The molecule has 1 N–H and O–H groups in total. The fourth-order valence-corrected chi connectivity index (χ4v) is 5.38. The van der Waals surface area contributed by atoms with Gasteiger partial charge in [0.25, 0.3) is 0 Å². The van der Waals surface area contributed by atoms with Crippen LogP contribution in [-0.2, 0) is 32.6 Å². The molecule has 9 nitrogen and oxygen atoms in total. The van der Waals surface area contributed by atoms with Gasteiger partial charge in [0.2, 0.25) is 21.8 Å². The number of ether oxygens (including phenoxy) is 2. The van der Waals surface area contributed by atoms with E-state index in [0.717, 1.165) is 27.3 Å². The van der Waals surface area contributed by atoms with E-state index in [1.807, 2.05) is 63.2 Å². The first-order valence-electron chi connectivity index (χ1n) is 13.8. The molecular formula is C32H41N3O6S. The van der Waals surface area contributed by atoms with Crippen LogP contribution in [0.15, 0.2) is 72.8 Å². The zero-order chi connectivity index (χ0) is 30.9. The second-order valence-electron chi connectivity index (χ2n) is 10.7. The van der Waals surface area contributed by atoms with E-state index in [1.165, 1.54) is 12.0 Å². The van der Waals surface area contributed by atoms with Gasteiger partial charge in [-0.1, -0.05) is 62.4 Å². The van der Waals surface area contributed by atoms with E-state index in [0.29, 0.717) is 18.0 Å². The summed E-state index contributed by atoms with van der Waals surface area (Å²) in [5.74, 6) is 0.262. The molecule has 1 unspecified atom stereocenters. The van der Waals surface area contributed by atoms with Gasteiger partial charge in [-0.3, -0.25) is 13.9 Å². The molecule has 2 amide bonds. The van der Waals surface area contributed by atoms with E-state index in [4.69, 9.17) is 9.47 Å². The highest BCUT2D eigenvalue weighted by Crippen LogP contribution is 2.31. The van der Waals surface area contributed by atoms with Crippen molar-refractivity contribution in [3.05, 3.63) is 89.5 Å². The number of carbonyl (C=O) groups is 2. The number of hydrogen-bond acceptors (Lipinski definition) is 6. The van der Waals surface area contributed by atoms with Crippen molar-refractivity contribution in [3.63, 3.8) is 0 Å². The summed E-state index contributed by atoms with van der Waals surface area (Å²) in [5, 5.41) is 2.98. The van der Waals surface area contributed by atoms with Crippen LogP contribution in [0.2, 0.25) is 0 Å². The molecule has 0 aliphatic carbocycles. The third-order valence-electron chi connectivity index (χ3n) is 6.72. The molecule has 1 atom stereocenters. The Hall–Kier alpha value is -4.05. The molecule has 3 aromatic carbocycles. The number of methoxy groups -OCH3 is 2. The fourth-order valence-electron chi connectivity index (χ4n) is 4.53. The lowest BCUT2D eigenvalue weighted by Gasteiger charge is -2.34. The van der Waals surface area contributed by atoms with Crippen molar-refractivity contribution >= 4 is 27.5 Å². The molecule has 0 radical (unpaired) electrons. The second-order valence-corrected chi connectivity index (χ2v) is 12.6. The van der Waals surface area contributed by atoms with Gasteiger partial charge in [-0.2, -0.15) is 0 Å². The smallest absolute Gasteiger partial charge is 0.244 e. The SMILES string of the molecule is COc1cccc(CN(C(=O)CN(c2cc(C)ccc2OC)S(C)(=O)=O)C(Cc2ccccc2)C(=O)NCC(C)C)c1. The van der Waals surface area contributed by atoms with Crippen LogP contribution in [0.4, 0.5) is 5.69 Å². The van der Waals surface area contributed by atoms with E-state index in [1.54, 1.807) is 37.4 Å². The van der Waals surface area contributed by atoms with Crippen LogP contribution in [0.1, 0.15) is 30.5 Å². The summed E-state index contributed by atoms with van der Waals surface area (Å²) < 4.78 is 38.0. The maximum Gasteiger partial charge on any atom is 0.244 e. The van der Waals surface area contributed by atoms with E-state index in [2.05, 4.69) is 5.32 Å². The van der Waals surface area contributed by atoms with Crippen LogP contribution in [0.25, 0.3) is 0 Å². The summed E-state index contributed by atoms with van der Waals surface area (Å²) in [6.07, 6.45) is 1.29. The van der Waals surface area contributed by atoms with E-state index in [9.17, 15) is 18.0 Å². The minimum absolute atomic E-state index is 0.0607. The van der Waals surface area contributed by atoms with E-state index in [-0.39, 0.29) is 30.5 Å². The van der Waals surface area contributed by atoms with Gasteiger partial charge in [0.1, 0.15) is 24.1 Å². The topological polar surface area (TPSA) is 105 Å². The Morgan fingerprint density at radius 2 is 1.60 bits per heavy atom. The van der Waals surface area contributed by atoms with E-state index < -0.39 is 28.5 Å². The molecule has 3 rings (SSSR count). The second kappa shape index (κ2) is 14.7. The zero-order valence-electron chi connectivity index (χ0n) is 25.2. The minimum Gasteiger partial charge on any atom is -0.497 e. The maximum atomic E-state index is 14.3. The number of sulfonamides is 1. The summed E-state index contributed by atoms with van der Waals surface area (Å²) in [7, 11) is -0.921. The normalized spacial score (nSPS) is 12.0. The predicted octanol–water partition coefficient (Wildman–Crippen LogP) is 4.19. The monoisotopic (exact) mass is 595 g/mol. The van der Waals surface area contributed by atoms with Gasteiger partial charge in [0.05, 0.1) is 26.2 Å². The number of anilines is 1. The molecule has 226 valence electrons. The molecule has 0 aliphatic heterocycles. The third-order valence-corrected chi connectivity index (χ3v) is 7.85. The molecule has 0 saturated carbocycles. The van der Waals surface area contributed by atoms with Gasteiger partial charge in [0, 0.05) is 19.5 Å². The molecule has 3 aromatic rings. The van der Waals surface area contributed by atoms with Crippen LogP contribution in [0.3, 0.4) is 0 Å². The molecule has 0 aliphatic rings. The quantitative estimate of drug-likeness (QED) is 0.300. The van der Waals surface area contributed by atoms with Crippen LogP contribution < -0.4 is 19.1 Å². The number of benzene rings is 3. The third kappa shape index (κ3) is 8.97. The van der Waals surface area contributed by atoms with Crippen molar-refractivity contribution in [2.24, 2.45) is 5.92 Å². The Morgan fingerprint density at radius 1 is 0.905 bits per heavy atom. The largest absolute Gasteiger partial charge is 0.497 e. The highest BCUT2D eigenvalue weighted by molar-refractivity contribution is 7.92. The summed E-state index contributed by atoms with van der Waals surface area (Å²) in [4.78, 5) is 29.4. The Balaban J connectivity index is 2.10. The van der Waals surface area contributed by atoms with Crippen molar-refractivity contribution in [1.82, 2.24) is 10.2 Å². The molecular weight excluding hydrogens is 554 g/mol. The molecule has 0 bridgehead atoms. The molecule has 42 heavy (non-hydrogen) atoms. The first kappa shape index (κ1) is 32.5. The zero-order valence-corrected chi connectivity index (χ0v) is 26.0. The lowest BCUT2D eigenvalue weighted by molar-refractivity contribution is -0.140. The molecule has 0 heterocycles. The predicted molar refractivity (Wildman–Crippen MR) is 165 cm³/mol. The summed E-state index contributed by atoms with van der Waals surface area (Å²) in [6, 6.07) is 20.9. The fraction of sp³-hybridized carbons (Fsp3) is 0.375. The highest BCUT2D eigenvalue weighted by Gasteiger charge is 2.33. The molecule has 0 spiro atoms. The number of amides is 2. The number of nitrogens with one attached hydrogen (secondary N) is 1. The van der Waals surface area contributed by atoms with Gasteiger partial charge >= 0.3 is 0 Å². The average Bonchev–Trinajstić information content (AvgIpc) is 2.96. The maximum absolute atomic E-state index is 14.3. The van der Waals surface area contributed by atoms with E-state index >= 15 is 0 Å². The molecule has 10 heteroatoms. The number of nitrogens with zero attached hydrogens (tertiary/aromatic N) is 2. The Kier molecular flexibility index (Phi) is 11.4. The van der Waals surface area contributed by atoms with Crippen LogP contribution in [-0.4, -0.2) is 64.7 Å². The average molecular weight is 596 g/mol. The van der Waals surface area contributed by atoms with Crippen molar-refractivity contribution < 1.29 is 27.5 Å². The molecule has 0 aromatic heterocycles. The standard InChI is InChI=1S/C32H41N3O6S/c1-23(2)20-33-32(37)29(19-25-11-8-7-9-12-25)34(21-26-13-10-14-27(18-26)40-4)31(36)22-35(42(6,38)39)28-17-24(3)15-16-30(28)41-5/h7-18,23,29H,19-22H2,1-6H3,(H,33,37). The molecule has 0 fully saturated rings. The van der Waals surface area contributed by atoms with Gasteiger partial charge in [0.15, 0.2) is 0 Å². The van der Waals surface area contributed by atoms with Gasteiger partial charge < -0.3 is 19.7 Å². The Morgan fingerprint density at radius 3 is 2.21 bits per heavy atom. The van der Waals surface area contributed by atoms with Crippen LogP contribution in [0, 0.1) is 12.8 Å².